The summed E-state index contributed by atoms with van der Waals surface area (Å²) in [5.41, 5.74) is 3.60. The highest BCUT2D eigenvalue weighted by molar-refractivity contribution is 5.79. The fraction of sp³-hybridized carbons (Fsp3) is 0.100. The Labute approximate surface area is 96.6 Å². The van der Waals surface area contributed by atoms with E-state index in [1.807, 2.05) is 12.1 Å². The Bertz CT molecular complexity index is 577. The molecule has 0 aliphatic heterocycles. The summed E-state index contributed by atoms with van der Waals surface area (Å²) < 4.78 is 0. The maximum atomic E-state index is 10.9. The second kappa shape index (κ2) is 4.97. The van der Waals surface area contributed by atoms with Gasteiger partial charge in [0.2, 0.25) is 0 Å². The van der Waals surface area contributed by atoms with Gasteiger partial charge in [-0.2, -0.15) is 15.2 Å². The van der Waals surface area contributed by atoms with Gasteiger partial charge in [0.1, 0.15) is 5.69 Å². The van der Waals surface area contributed by atoms with Gasteiger partial charge in [-0.05, 0) is 24.6 Å². The van der Waals surface area contributed by atoms with Crippen molar-refractivity contribution in [1.29, 1.82) is 0 Å². The maximum Gasteiger partial charge on any atom is 0.363 e. The van der Waals surface area contributed by atoms with Gasteiger partial charge in [0.05, 0.1) is 6.21 Å². The second-order valence-electron chi connectivity index (χ2n) is 3.23. The Morgan fingerprint density at radius 2 is 2.18 bits per heavy atom. The summed E-state index contributed by atoms with van der Waals surface area (Å²) in [5.74, 6) is 0.332. The van der Waals surface area contributed by atoms with E-state index in [0.29, 0.717) is 11.5 Å². The minimum atomic E-state index is -0.516. The van der Waals surface area contributed by atoms with Gasteiger partial charge in [-0.15, -0.1) is 0 Å². The van der Waals surface area contributed by atoms with E-state index in [-0.39, 0.29) is 0 Å². The number of nitrogens with one attached hydrogen (secondary N) is 2. The Kier molecular flexibility index (Phi) is 3.20. The van der Waals surface area contributed by atoms with Gasteiger partial charge in [-0.1, -0.05) is 0 Å². The first-order chi connectivity index (χ1) is 8.25. The number of pyridine rings is 1. The third-order valence-electron chi connectivity index (χ3n) is 1.97. The molecule has 0 aliphatic rings. The molecule has 7 heteroatoms. The normalized spacial score (nSPS) is 10.6. The van der Waals surface area contributed by atoms with E-state index >= 15 is 0 Å². The zero-order chi connectivity index (χ0) is 12.1. The second-order valence-corrected chi connectivity index (χ2v) is 3.23. The standard InChI is InChI=1S/C10H10N6O/c1-7-9(13-10(17)16-14-7)15-12-6-8-2-4-11-5-3-8/h2-6H,1H3,(H2,13,15,16,17)/b12-6-. The number of aromatic amines is 1. The molecule has 0 aliphatic carbocycles. The van der Waals surface area contributed by atoms with Gasteiger partial charge in [-0.25, -0.2) is 9.89 Å². The number of aromatic nitrogens is 4. The zero-order valence-corrected chi connectivity index (χ0v) is 9.08. The van der Waals surface area contributed by atoms with Crippen molar-refractivity contribution in [1.82, 2.24) is 20.2 Å². The number of hydrogen-bond donors (Lipinski definition) is 2. The van der Waals surface area contributed by atoms with Gasteiger partial charge in [0.25, 0.3) is 0 Å². The molecule has 17 heavy (non-hydrogen) atoms. The summed E-state index contributed by atoms with van der Waals surface area (Å²) in [6.45, 7) is 1.72. The van der Waals surface area contributed by atoms with Gasteiger partial charge in [0, 0.05) is 12.4 Å². The van der Waals surface area contributed by atoms with Crippen LogP contribution in [-0.2, 0) is 0 Å². The van der Waals surface area contributed by atoms with Crippen LogP contribution in [0.15, 0.2) is 34.4 Å². The van der Waals surface area contributed by atoms with Crippen LogP contribution in [0, 0.1) is 6.92 Å². The van der Waals surface area contributed by atoms with Crippen LogP contribution in [0.1, 0.15) is 11.3 Å². The Hall–Kier alpha value is -2.57. The molecule has 0 amide bonds. The molecule has 2 aromatic heterocycles. The molecule has 0 atom stereocenters. The van der Waals surface area contributed by atoms with Crippen molar-refractivity contribution in [2.24, 2.45) is 5.10 Å². The lowest BCUT2D eigenvalue weighted by atomic mass is 10.3. The van der Waals surface area contributed by atoms with Crippen LogP contribution in [0.4, 0.5) is 5.82 Å². The summed E-state index contributed by atoms with van der Waals surface area (Å²) in [4.78, 5) is 18.5. The van der Waals surface area contributed by atoms with Gasteiger partial charge < -0.3 is 0 Å². The third kappa shape index (κ3) is 2.94. The topological polar surface area (TPSA) is 95.9 Å². The summed E-state index contributed by atoms with van der Waals surface area (Å²) in [6, 6.07) is 3.61. The van der Waals surface area contributed by atoms with E-state index in [0.717, 1.165) is 5.56 Å². The van der Waals surface area contributed by atoms with Crippen LogP contribution >= 0.6 is 0 Å². The largest absolute Gasteiger partial charge is 0.363 e. The van der Waals surface area contributed by atoms with Gasteiger partial charge >= 0.3 is 5.69 Å². The highest BCUT2D eigenvalue weighted by Gasteiger charge is 1.99. The van der Waals surface area contributed by atoms with E-state index in [4.69, 9.17) is 0 Å². The fourth-order valence-electron chi connectivity index (χ4n) is 1.12. The van der Waals surface area contributed by atoms with E-state index in [1.165, 1.54) is 0 Å². The molecule has 2 N–H and O–H groups in total. The lowest BCUT2D eigenvalue weighted by Crippen LogP contribution is -2.15. The molecule has 0 spiro atoms. The van der Waals surface area contributed by atoms with Gasteiger partial charge in [0.15, 0.2) is 5.82 Å². The smallest absolute Gasteiger partial charge is 0.265 e. The lowest BCUT2D eigenvalue weighted by molar-refractivity contribution is 0.879. The first-order valence-electron chi connectivity index (χ1n) is 4.88. The third-order valence-corrected chi connectivity index (χ3v) is 1.97. The molecule has 2 aromatic rings. The Morgan fingerprint density at radius 1 is 1.41 bits per heavy atom. The molecule has 0 fully saturated rings. The molecular weight excluding hydrogens is 220 g/mol. The number of hydrogen-bond acceptors (Lipinski definition) is 6. The minimum absolute atomic E-state index is 0.332. The Balaban J connectivity index is 2.10. The van der Waals surface area contributed by atoms with Crippen molar-refractivity contribution in [3.05, 3.63) is 46.3 Å². The molecule has 0 aromatic carbocycles. The van der Waals surface area contributed by atoms with E-state index in [9.17, 15) is 4.79 Å². The van der Waals surface area contributed by atoms with Crippen molar-refractivity contribution >= 4 is 12.0 Å². The molecule has 0 saturated heterocycles. The highest BCUT2D eigenvalue weighted by Crippen LogP contribution is 2.02. The summed E-state index contributed by atoms with van der Waals surface area (Å²) in [7, 11) is 0. The predicted octanol–water partition coefficient (Wildman–Crippen LogP) is 0.314. The number of anilines is 1. The van der Waals surface area contributed by atoms with Crippen LogP contribution in [0.3, 0.4) is 0 Å². The highest BCUT2D eigenvalue weighted by atomic mass is 16.1. The number of H-pyrrole nitrogens is 1. The average Bonchev–Trinajstić information content (AvgIpc) is 2.35. The zero-order valence-electron chi connectivity index (χ0n) is 9.08. The predicted molar refractivity (Wildman–Crippen MR) is 62.8 cm³/mol. The molecule has 2 rings (SSSR count). The van der Waals surface area contributed by atoms with Crippen LogP contribution < -0.4 is 11.1 Å². The van der Waals surface area contributed by atoms with E-state index < -0.39 is 5.69 Å². The maximum absolute atomic E-state index is 10.9. The van der Waals surface area contributed by atoms with Crippen LogP contribution in [0.5, 0.6) is 0 Å². The SMILES string of the molecule is Cc1n[nH]c(=O)nc1N/N=C\c1ccncc1. The van der Waals surface area contributed by atoms with E-state index in [1.54, 1.807) is 25.5 Å². The molecule has 86 valence electrons. The molecule has 0 unspecified atom stereocenters. The number of aryl methyl sites for hydroxylation is 1. The van der Waals surface area contributed by atoms with E-state index in [2.05, 4.69) is 30.7 Å². The average molecular weight is 230 g/mol. The van der Waals surface area contributed by atoms with Crippen LogP contribution in [-0.4, -0.2) is 26.4 Å². The van der Waals surface area contributed by atoms with Gasteiger partial charge in [-0.3, -0.25) is 10.4 Å². The molecule has 0 radical (unpaired) electrons. The van der Waals surface area contributed by atoms with Crippen molar-refractivity contribution in [3.8, 4) is 0 Å². The molecular formula is C10H10N6O. The molecule has 0 bridgehead atoms. The first kappa shape index (κ1) is 10.9. The molecule has 0 saturated carbocycles. The quantitative estimate of drug-likeness (QED) is 0.584. The number of nitrogens with zero attached hydrogens (tertiary/aromatic N) is 4. The number of rotatable bonds is 3. The first-order valence-corrected chi connectivity index (χ1v) is 4.88. The van der Waals surface area contributed by atoms with Crippen molar-refractivity contribution in [2.45, 2.75) is 6.92 Å². The van der Waals surface area contributed by atoms with Crippen molar-refractivity contribution in [2.75, 3.05) is 5.43 Å². The van der Waals surface area contributed by atoms with Crippen molar-refractivity contribution < 1.29 is 0 Å². The summed E-state index contributed by atoms with van der Waals surface area (Å²) in [6.07, 6.45) is 4.93. The number of hydrazone groups is 1. The summed E-state index contributed by atoms with van der Waals surface area (Å²) >= 11 is 0. The van der Waals surface area contributed by atoms with Crippen LogP contribution in [0.25, 0.3) is 0 Å². The summed E-state index contributed by atoms with van der Waals surface area (Å²) in [5, 5.41) is 9.94. The minimum Gasteiger partial charge on any atom is -0.265 e. The van der Waals surface area contributed by atoms with Crippen molar-refractivity contribution in [3.63, 3.8) is 0 Å². The van der Waals surface area contributed by atoms with Crippen LogP contribution in [0.2, 0.25) is 0 Å². The Morgan fingerprint density at radius 3 is 2.94 bits per heavy atom. The molecule has 7 nitrogen and oxygen atoms in total. The fourth-order valence-corrected chi connectivity index (χ4v) is 1.12. The monoisotopic (exact) mass is 230 g/mol. The molecule has 2 heterocycles. The lowest BCUT2D eigenvalue weighted by Gasteiger charge is -2.00.